The molecule has 2 aromatic rings. The van der Waals surface area contributed by atoms with Gasteiger partial charge in [0.05, 0.1) is 6.61 Å². The van der Waals surface area contributed by atoms with Crippen molar-refractivity contribution in [2.45, 2.75) is 51.0 Å². The van der Waals surface area contributed by atoms with Crippen molar-refractivity contribution in [3.63, 3.8) is 0 Å². The van der Waals surface area contributed by atoms with E-state index in [-0.39, 0.29) is 5.91 Å². The molecular weight excluding hydrogens is 338 g/mol. The number of carbonyl (C=O) groups is 1. The van der Waals surface area contributed by atoms with Crippen LogP contribution in [0.2, 0.25) is 0 Å². The minimum atomic E-state index is 0.283. The second kappa shape index (κ2) is 8.79. The molecule has 2 fully saturated rings. The molecule has 2 aliphatic rings. The Balaban J connectivity index is 1.15. The molecule has 2 saturated heterocycles. The summed E-state index contributed by atoms with van der Waals surface area (Å²) in [5.74, 6) is 1.12. The average Bonchev–Trinajstić information content (AvgIpc) is 3.20. The van der Waals surface area contributed by atoms with E-state index < -0.39 is 0 Å². The van der Waals surface area contributed by atoms with Gasteiger partial charge in [0.2, 0.25) is 5.91 Å². The van der Waals surface area contributed by atoms with E-state index >= 15 is 0 Å². The number of fused-ring (bicyclic) bond motifs is 1. The van der Waals surface area contributed by atoms with Gasteiger partial charge >= 0.3 is 0 Å². The minimum absolute atomic E-state index is 0.283. The van der Waals surface area contributed by atoms with Gasteiger partial charge in [-0.3, -0.25) is 4.79 Å². The smallest absolute Gasteiger partial charge is 0.222 e. The molecule has 5 nitrogen and oxygen atoms in total. The molecule has 0 aliphatic carbocycles. The molecule has 27 heavy (non-hydrogen) atoms. The van der Waals surface area contributed by atoms with Crippen LogP contribution in [-0.4, -0.2) is 59.5 Å². The van der Waals surface area contributed by atoms with E-state index in [1.165, 1.54) is 32.4 Å². The van der Waals surface area contributed by atoms with Gasteiger partial charge in [0.25, 0.3) is 0 Å². The van der Waals surface area contributed by atoms with Gasteiger partial charge in [-0.15, -0.1) is 0 Å². The lowest BCUT2D eigenvalue weighted by Gasteiger charge is -2.40. The summed E-state index contributed by atoms with van der Waals surface area (Å²) in [5.41, 5.74) is 1.03. The number of aromatic amines is 1. The van der Waals surface area contributed by atoms with Gasteiger partial charge in [0.1, 0.15) is 5.75 Å². The lowest BCUT2D eigenvalue weighted by molar-refractivity contribution is -0.133. The molecule has 0 spiro atoms. The monoisotopic (exact) mass is 368 g/mol. The van der Waals surface area contributed by atoms with Crippen molar-refractivity contribution in [1.82, 2.24) is 14.8 Å². The number of rotatable bonds is 6. The quantitative estimate of drug-likeness (QED) is 0.793. The van der Waals surface area contributed by atoms with Gasteiger partial charge in [0.15, 0.2) is 0 Å². The Morgan fingerprint density at radius 3 is 2.78 bits per heavy atom. The summed E-state index contributed by atoms with van der Waals surface area (Å²) >= 11 is 0. The summed E-state index contributed by atoms with van der Waals surface area (Å²) in [7, 11) is 0. The number of hydrogen-bond donors (Lipinski definition) is 1. The molecule has 0 saturated carbocycles. The fourth-order valence-corrected chi connectivity index (χ4v) is 4.39. The van der Waals surface area contributed by atoms with E-state index in [0.29, 0.717) is 19.1 Å². The molecule has 1 N–H and O–H groups in total. The van der Waals surface area contributed by atoms with Crippen LogP contribution in [0.3, 0.4) is 0 Å². The van der Waals surface area contributed by atoms with Crippen LogP contribution >= 0.6 is 0 Å². The standard InChI is InChI=1S/C22H30N3O2/c26-22(25-14-9-19(10-15-25)24-12-2-1-3-13-24)5-4-16-27-20-7-6-18-8-11-23-21(18)17-20/h6-7,11,17,19,23H,1-5,9-10,12-16H2. The fourth-order valence-electron chi connectivity index (χ4n) is 4.39. The molecule has 1 radical (unpaired) electrons. The number of benzene rings is 1. The Hall–Kier alpha value is -2.01. The molecule has 5 heteroatoms. The zero-order valence-corrected chi connectivity index (χ0v) is 16.1. The van der Waals surface area contributed by atoms with Crippen LogP contribution in [0.25, 0.3) is 10.9 Å². The third kappa shape index (κ3) is 4.64. The number of nitrogens with one attached hydrogen (secondary N) is 1. The highest BCUT2D eigenvalue weighted by Crippen LogP contribution is 2.22. The third-order valence-electron chi connectivity index (χ3n) is 5.97. The molecule has 0 unspecified atom stereocenters. The maximum absolute atomic E-state index is 12.5. The van der Waals surface area contributed by atoms with Crippen molar-refractivity contribution in [2.75, 3.05) is 32.8 Å². The number of likely N-dealkylation sites (tertiary alicyclic amines) is 2. The van der Waals surface area contributed by atoms with Crippen LogP contribution in [-0.2, 0) is 4.79 Å². The van der Waals surface area contributed by atoms with E-state index in [9.17, 15) is 4.79 Å². The highest BCUT2D eigenvalue weighted by Gasteiger charge is 2.27. The van der Waals surface area contributed by atoms with Gasteiger partial charge < -0.3 is 19.5 Å². The fraction of sp³-hybridized carbons (Fsp3) is 0.591. The predicted molar refractivity (Wildman–Crippen MR) is 107 cm³/mol. The molecule has 2 aliphatic heterocycles. The molecule has 1 aromatic carbocycles. The Bertz CT molecular complexity index is 743. The SMILES string of the molecule is O=C(CCCOc1ccc2[c]c[nH]c2c1)N1CCC(N2CCCCC2)CC1. The van der Waals surface area contributed by atoms with Gasteiger partial charge in [-0.2, -0.15) is 0 Å². The summed E-state index contributed by atoms with van der Waals surface area (Å²) in [6, 6.07) is 9.76. The Morgan fingerprint density at radius 2 is 1.96 bits per heavy atom. The normalized spacial score (nSPS) is 19.5. The van der Waals surface area contributed by atoms with Crippen LogP contribution < -0.4 is 4.74 Å². The number of H-pyrrole nitrogens is 1. The van der Waals surface area contributed by atoms with Gasteiger partial charge in [-0.05, 0) is 57.3 Å². The highest BCUT2D eigenvalue weighted by atomic mass is 16.5. The van der Waals surface area contributed by atoms with E-state index in [4.69, 9.17) is 4.74 Å². The number of hydrogen-bond acceptors (Lipinski definition) is 3. The van der Waals surface area contributed by atoms with Crippen LogP contribution in [0.15, 0.2) is 24.4 Å². The molecule has 1 amide bonds. The first-order valence-electron chi connectivity index (χ1n) is 10.4. The number of aromatic nitrogens is 1. The second-order valence-electron chi connectivity index (χ2n) is 7.80. The molecule has 145 valence electrons. The van der Waals surface area contributed by atoms with Crippen molar-refractivity contribution >= 4 is 16.8 Å². The lowest BCUT2D eigenvalue weighted by atomic mass is 9.99. The van der Waals surface area contributed by atoms with Crippen molar-refractivity contribution < 1.29 is 9.53 Å². The number of amides is 1. The van der Waals surface area contributed by atoms with Crippen LogP contribution in [0.5, 0.6) is 5.75 Å². The van der Waals surface area contributed by atoms with E-state index in [2.05, 4.69) is 20.9 Å². The Morgan fingerprint density at radius 1 is 1.15 bits per heavy atom. The number of nitrogens with zero attached hydrogens (tertiary/aromatic N) is 2. The predicted octanol–water partition coefficient (Wildman–Crippen LogP) is 3.60. The topological polar surface area (TPSA) is 48.6 Å². The average molecular weight is 369 g/mol. The summed E-state index contributed by atoms with van der Waals surface area (Å²) in [6.45, 7) is 4.91. The third-order valence-corrected chi connectivity index (χ3v) is 5.97. The van der Waals surface area contributed by atoms with Gasteiger partial charge in [0, 0.05) is 54.8 Å². The van der Waals surface area contributed by atoms with Gasteiger partial charge in [-0.1, -0.05) is 6.42 Å². The summed E-state index contributed by atoms with van der Waals surface area (Å²) in [5, 5.41) is 1.06. The van der Waals surface area contributed by atoms with Crippen molar-refractivity contribution in [3.8, 4) is 5.75 Å². The summed E-state index contributed by atoms with van der Waals surface area (Å²) in [4.78, 5) is 20.3. The van der Waals surface area contributed by atoms with Crippen LogP contribution in [0.1, 0.15) is 44.9 Å². The van der Waals surface area contributed by atoms with Crippen molar-refractivity contribution in [1.29, 1.82) is 0 Å². The van der Waals surface area contributed by atoms with Crippen molar-refractivity contribution in [3.05, 3.63) is 30.5 Å². The molecule has 4 rings (SSSR count). The van der Waals surface area contributed by atoms with E-state index in [1.54, 1.807) is 0 Å². The van der Waals surface area contributed by atoms with Crippen molar-refractivity contribution in [2.24, 2.45) is 0 Å². The zero-order valence-electron chi connectivity index (χ0n) is 16.1. The maximum atomic E-state index is 12.5. The Kier molecular flexibility index (Phi) is 5.97. The van der Waals surface area contributed by atoms with E-state index in [1.807, 2.05) is 24.4 Å². The number of piperidine rings is 2. The minimum Gasteiger partial charge on any atom is -0.494 e. The largest absolute Gasteiger partial charge is 0.494 e. The Labute approximate surface area is 161 Å². The molecule has 0 atom stereocenters. The number of ether oxygens (including phenoxy) is 1. The summed E-state index contributed by atoms with van der Waals surface area (Å²) < 4.78 is 5.81. The van der Waals surface area contributed by atoms with Gasteiger partial charge in [-0.25, -0.2) is 0 Å². The first-order chi connectivity index (χ1) is 13.3. The molecular formula is C22H30N3O2. The molecule has 0 bridgehead atoms. The maximum Gasteiger partial charge on any atom is 0.222 e. The highest BCUT2D eigenvalue weighted by molar-refractivity contribution is 5.80. The first-order valence-corrected chi connectivity index (χ1v) is 10.4. The van der Waals surface area contributed by atoms with E-state index in [0.717, 1.165) is 49.0 Å². The van der Waals surface area contributed by atoms with Crippen LogP contribution in [0, 0.1) is 6.07 Å². The van der Waals surface area contributed by atoms with Crippen LogP contribution in [0.4, 0.5) is 0 Å². The first kappa shape index (κ1) is 18.4. The second-order valence-corrected chi connectivity index (χ2v) is 7.80. The molecule has 1 aromatic heterocycles. The summed E-state index contributed by atoms with van der Waals surface area (Å²) in [6.07, 6.45) is 9.48. The molecule has 3 heterocycles. The zero-order chi connectivity index (χ0) is 18.5. The number of carbonyl (C=O) groups excluding carboxylic acids is 1. The lowest BCUT2D eigenvalue weighted by Crippen LogP contribution is -2.48.